The Kier molecular flexibility index (Phi) is 5.73. The highest BCUT2D eigenvalue weighted by atomic mass is 79.9. The predicted octanol–water partition coefficient (Wildman–Crippen LogP) is 3.24. The first-order valence-electron chi connectivity index (χ1n) is 5.25. The molecule has 0 aromatic heterocycles. The van der Waals surface area contributed by atoms with Crippen LogP contribution in [-0.4, -0.2) is 18.3 Å². The Balaban J connectivity index is 2.38. The highest BCUT2D eigenvalue weighted by Crippen LogP contribution is 2.17. The molecule has 1 unspecified atom stereocenters. The van der Waals surface area contributed by atoms with Gasteiger partial charge in [-0.1, -0.05) is 29.3 Å². The van der Waals surface area contributed by atoms with Crippen molar-refractivity contribution in [2.75, 3.05) is 13.2 Å². The summed E-state index contributed by atoms with van der Waals surface area (Å²) in [5.41, 5.74) is 0. The molecule has 3 heteroatoms. The molecular weight excluding hydrogens is 256 g/mol. The van der Waals surface area contributed by atoms with Crippen LogP contribution in [0.2, 0.25) is 0 Å². The normalized spacial score (nSPS) is 12.5. The van der Waals surface area contributed by atoms with Crippen LogP contribution >= 0.6 is 15.9 Å². The zero-order valence-corrected chi connectivity index (χ0v) is 10.5. The van der Waals surface area contributed by atoms with Crippen LogP contribution in [0.5, 0.6) is 5.75 Å². The van der Waals surface area contributed by atoms with E-state index in [9.17, 15) is 0 Å². The van der Waals surface area contributed by atoms with E-state index in [0.29, 0.717) is 6.61 Å². The number of aliphatic hydroxyl groups excluding tert-OH is 1. The summed E-state index contributed by atoms with van der Waals surface area (Å²) in [5.74, 6) is 1.10. The van der Waals surface area contributed by atoms with E-state index in [1.54, 1.807) is 0 Å². The largest absolute Gasteiger partial charge is 0.493 e. The molecule has 15 heavy (non-hydrogen) atoms. The van der Waals surface area contributed by atoms with E-state index in [0.717, 1.165) is 23.1 Å². The van der Waals surface area contributed by atoms with Gasteiger partial charge in [-0.05, 0) is 30.7 Å². The van der Waals surface area contributed by atoms with Gasteiger partial charge < -0.3 is 9.84 Å². The molecule has 0 saturated carbocycles. The molecular formula is C12H17BrO2. The van der Waals surface area contributed by atoms with E-state index in [-0.39, 0.29) is 12.5 Å². The van der Waals surface area contributed by atoms with E-state index in [1.165, 1.54) is 0 Å². The maximum atomic E-state index is 9.09. The van der Waals surface area contributed by atoms with Crippen molar-refractivity contribution >= 4 is 15.9 Å². The lowest BCUT2D eigenvalue weighted by molar-refractivity contribution is 0.155. The first-order valence-corrected chi connectivity index (χ1v) is 6.04. The van der Waals surface area contributed by atoms with Crippen molar-refractivity contribution < 1.29 is 9.84 Å². The summed E-state index contributed by atoms with van der Waals surface area (Å²) in [6.45, 7) is 2.90. The maximum absolute atomic E-state index is 9.09. The molecule has 1 atom stereocenters. The van der Waals surface area contributed by atoms with Gasteiger partial charge in [-0.2, -0.15) is 0 Å². The third-order valence-corrected chi connectivity index (χ3v) is 2.78. The minimum atomic E-state index is 0.199. The zero-order valence-electron chi connectivity index (χ0n) is 8.95. The number of hydrogen-bond donors (Lipinski definition) is 1. The molecule has 0 fully saturated rings. The molecule has 1 aromatic carbocycles. The second kappa shape index (κ2) is 6.85. The quantitative estimate of drug-likeness (QED) is 0.862. The van der Waals surface area contributed by atoms with Crippen molar-refractivity contribution in [1.82, 2.24) is 0 Å². The van der Waals surface area contributed by atoms with Gasteiger partial charge in [0.15, 0.2) is 0 Å². The number of hydrogen-bond acceptors (Lipinski definition) is 2. The predicted molar refractivity (Wildman–Crippen MR) is 65.1 cm³/mol. The fourth-order valence-corrected chi connectivity index (χ4v) is 1.64. The van der Waals surface area contributed by atoms with Gasteiger partial charge in [0.2, 0.25) is 0 Å². The number of benzene rings is 1. The van der Waals surface area contributed by atoms with Gasteiger partial charge in [0.1, 0.15) is 5.75 Å². The molecule has 0 heterocycles. The van der Waals surface area contributed by atoms with Gasteiger partial charge in [0.25, 0.3) is 0 Å². The summed E-state index contributed by atoms with van der Waals surface area (Å²) < 4.78 is 6.63. The van der Waals surface area contributed by atoms with E-state index >= 15 is 0 Å². The van der Waals surface area contributed by atoms with Gasteiger partial charge in [-0.15, -0.1) is 0 Å². The van der Waals surface area contributed by atoms with E-state index in [1.807, 2.05) is 24.3 Å². The Morgan fingerprint density at radius 3 is 2.53 bits per heavy atom. The number of rotatable bonds is 6. The lowest BCUT2D eigenvalue weighted by Crippen LogP contribution is -2.15. The Morgan fingerprint density at radius 1 is 1.33 bits per heavy atom. The summed E-state index contributed by atoms with van der Waals surface area (Å²) in [7, 11) is 0. The van der Waals surface area contributed by atoms with Crippen LogP contribution in [0.3, 0.4) is 0 Å². The first-order chi connectivity index (χ1) is 7.26. The molecule has 0 saturated heterocycles. The third-order valence-electron chi connectivity index (χ3n) is 2.25. The molecule has 1 aromatic rings. The molecule has 0 aliphatic carbocycles. The Labute approximate surface area is 99.4 Å². The van der Waals surface area contributed by atoms with Crippen LogP contribution in [0.25, 0.3) is 0 Å². The molecule has 0 aliphatic rings. The highest BCUT2D eigenvalue weighted by Gasteiger charge is 2.06. The van der Waals surface area contributed by atoms with Gasteiger partial charge in [0, 0.05) is 17.0 Å². The third kappa shape index (κ3) is 4.67. The molecule has 0 amide bonds. The molecule has 0 spiro atoms. The second-order valence-electron chi connectivity index (χ2n) is 3.60. The monoisotopic (exact) mass is 272 g/mol. The molecule has 2 nitrogen and oxygen atoms in total. The maximum Gasteiger partial charge on any atom is 0.119 e. The van der Waals surface area contributed by atoms with Crippen LogP contribution in [0, 0.1) is 5.92 Å². The molecule has 0 aliphatic heterocycles. The standard InChI is InChI=1S/C12H17BrO2/c1-2-3-10(8-14)9-15-12-6-4-11(13)5-7-12/h4-7,10,14H,2-3,8-9H2,1H3. The first kappa shape index (κ1) is 12.5. The van der Waals surface area contributed by atoms with Crippen molar-refractivity contribution in [3.8, 4) is 5.75 Å². The minimum Gasteiger partial charge on any atom is -0.493 e. The molecule has 1 rings (SSSR count). The average molecular weight is 273 g/mol. The summed E-state index contributed by atoms with van der Waals surface area (Å²) in [6, 6.07) is 7.74. The lowest BCUT2D eigenvalue weighted by Gasteiger charge is -2.14. The van der Waals surface area contributed by atoms with Crippen LogP contribution in [0.1, 0.15) is 19.8 Å². The fourth-order valence-electron chi connectivity index (χ4n) is 1.38. The summed E-state index contributed by atoms with van der Waals surface area (Å²) in [6.07, 6.45) is 2.09. The van der Waals surface area contributed by atoms with E-state index in [2.05, 4.69) is 22.9 Å². The number of halogens is 1. The highest BCUT2D eigenvalue weighted by molar-refractivity contribution is 9.10. The minimum absolute atomic E-state index is 0.199. The molecule has 1 N–H and O–H groups in total. The van der Waals surface area contributed by atoms with Crippen LogP contribution in [0.15, 0.2) is 28.7 Å². The zero-order chi connectivity index (χ0) is 11.1. The SMILES string of the molecule is CCCC(CO)COc1ccc(Br)cc1. The molecule has 0 radical (unpaired) electrons. The Hall–Kier alpha value is -0.540. The van der Waals surface area contributed by atoms with Gasteiger partial charge in [0.05, 0.1) is 6.61 Å². The van der Waals surface area contributed by atoms with E-state index < -0.39 is 0 Å². The van der Waals surface area contributed by atoms with Crippen molar-refractivity contribution in [3.63, 3.8) is 0 Å². The number of aliphatic hydroxyl groups is 1. The van der Waals surface area contributed by atoms with Crippen molar-refractivity contribution in [2.45, 2.75) is 19.8 Å². The van der Waals surface area contributed by atoms with Gasteiger partial charge >= 0.3 is 0 Å². The van der Waals surface area contributed by atoms with E-state index in [4.69, 9.17) is 9.84 Å². The number of ether oxygens (including phenoxy) is 1. The lowest BCUT2D eigenvalue weighted by atomic mass is 10.1. The van der Waals surface area contributed by atoms with Crippen molar-refractivity contribution in [3.05, 3.63) is 28.7 Å². The van der Waals surface area contributed by atoms with Gasteiger partial charge in [-0.25, -0.2) is 0 Å². The summed E-state index contributed by atoms with van der Waals surface area (Å²) in [4.78, 5) is 0. The van der Waals surface area contributed by atoms with Crippen LogP contribution in [-0.2, 0) is 0 Å². The van der Waals surface area contributed by atoms with Gasteiger partial charge in [-0.3, -0.25) is 0 Å². The Bertz CT molecular complexity index is 271. The topological polar surface area (TPSA) is 29.5 Å². The average Bonchev–Trinajstić information content (AvgIpc) is 2.26. The Morgan fingerprint density at radius 2 is 2.00 bits per heavy atom. The molecule has 84 valence electrons. The van der Waals surface area contributed by atoms with Crippen LogP contribution in [0.4, 0.5) is 0 Å². The van der Waals surface area contributed by atoms with Crippen molar-refractivity contribution in [2.24, 2.45) is 5.92 Å². The smallest absolute Gasteiger partial charge is 0.119 e. The second-order valence-corrected chi connectivity index (χ2v) is 4.52. The fraction of sp³-hybridized carbons (Fsp3) is 0.500. The van der Waals surface area contributed by atoms with Crippen LogP contribution < -0.4 is 4.74 Å². The van der Waals surface area contributed by atoms with Crippen molar-refractivity contribution in [1.29, 1.82) is 0 Å². The summed E-state index contributed by atoms with van der Waals surface area (Å²) >= 11 is 3.37. The molecule has 0 bridgehead atoms. The summed E-state index contributed by atoms with van der Waals surface area (Å²) in [5, 5.41) is 9.09.